The van der Waals surface area contributed by atoms with Crippen molar-refractivity contribution in [2.45, 2.75) is 6.04 Å². The number of halogens is 1. The number of hydrogen-bond acceptors (Lipinski definition) is 2. The Balaban J connectivity index is 1.87. The van der Waals surface area contributed by atoms with Gasteiger partial charge in [-0.15, -0.1) is 0 Å². The second-order valence-electron chi connectivity index (χ2n) is 6.55. The minimum atomic E-state index is -0.503. The minimum Gasteiger partial charge on any atom is -0.508 e. The zero-order chi connectivity index (χ0) is 19.5. The Morgan fingerprint density at radius 3 is 2.39 bits per heavy atom. The van der Waals surface area contributed by atoms with E-state index in [-0.39, 0.29) is 11.7 Å². The van der Waals surface area contributed by atoms with Gasteiger partial charge in [0.15, 0.2) is 0 Å². The summed E-state index contributed by atoms with van der Waals surface area (Å²) in [7, 11) is 0. The molecule has 4 rings (SSSR count). The molecule has 0 bridgehead atoms. The van der Waals surface area contributed by atoms with Crippen molar-refractivity contribution in [3.8, 4) is 5.75 Å². The molecule has 0 heterocycles. The Morgan fingerprint density at radius 1 is 0.857 bits per heavy atom. The van der Waals surface area contributed by atoms with E-state index in [1.807, 2.05) is 72.8 Å². The molecule has 4 aromatic rings. The van der Waals surface area contributed by atoms with Gasteiger partial charge in [0.05, 0.1) is 6.04 Å². The first-order valence-electron chi connectivity index (χ1n) is 8.95. The summed E-state index contributed by atoms with van der Waals surface area (Å²) < 4.78 is 0.906. The number of phenolic OH excluding ortho intramolecular Hbond substituents is 1. The van der Waals surface area contributed by atoms with Gasteiger partial charge >= 0.3 is 0 Å². The molecule has 0 aromatic heterocycles. The zero-order valence-corrected chi connectivity index (χ0v) is 16.6. The fourth-order valence-electron chi connectivity index (χ4n) is 3.40. The Labute approximate surface area is 171 Å². The summed E-state index contributed by atoms with van der Waals surface area (Å²) in [4.78, 5) is 12.9. The average molecular weight is 432 g/mol. The number of carbonyl (C=O) groups excluding carboxylic acids is 1. The van der Waals surface area contributed by atoms with Crippen LogP contribution in [0.25, 0.3) is 10.8 Å². The molecule has 0 fully saturated rings. The highest BCUT2D eigenvalue weighted by molar-refractivity contribution is 9.10. The van der Waals surface area contributed by atoms with Crippen molar-refractivity contribution in [2.24, 2.45) is 0 Å². The monoisotopic (exact) mass is 431 g/mol. The number of aromatic hydroxyl groups is 1. The van der Waals surface area contributed by atoms with Crippen LogP contribution in [-0.4, -0.2) is 11.0 Å². The number of benzene rings is 4. The molecule has 138 valence electrons. The van der Waals surface area contributed by atoms with Crippen LogP contribution in [0.4, 0.5) is 0 Å². The van der Waals surface area contributed by atoms with Gasteiger partial charge in [0.1, 0.15) is 5.75 Å². The van der Waals surface area contributed by atoms with E-state index in [0.29, 0.717) is 11.1 Å². The molecule has 0 saturated carbocycles. The molecular formula is C24H18BrNO2. The van der Waals surface area contributed by atoms with Crippen LogP contribution in [0.5, 0.6) is 5.75 Å². The smallest absolute Gasteiger partial charge is 0.252 e. The van der Waals surface area contributed by atoms with Gasteiger partial charge in [-0.1, -0.05) is 76.6 Å². The highest BCUT2D eigenvalue weighted by Gasteiger charge is 2.23. The van der Waals surface area contributed by atoms with Gasteiger partial charge in [-0.2, -0.15) is 0 Å². The molecule has 2 N–H and O–H groups in total. The summed E-state index contributed by atoms with van der Waals surface area (Å²) in [5.74, 6) is -0.0463. The van der Waals surface area contributed by atoms with Gasteiger partial charge in [-0.25, -0.2) is 0 Å². The number of fused-ring (bicyclic) bond motifs is 1. The third kappa shape index (κ3) is 3.64. The molecule has 0 aliphatic carbocycles. The molecule has 4 aromatic carbocycles. The summed E-state index contributed by atoms with van der Waals surface area (Å²) in [6, 6.07) is 27.7. The molecule has 0 spiro atoms. The van der Waals surface area contributed by atoms with E-state index in [2.05, 4.69) is 21.2 Å². The summed E-state index contributed by atoms with van der Waals surface area (Å²) in [5.41, 5.74) is 2.13. The van der Waals surface area contributed by atoms with Crippen molar-refractivity contribution in [1.82, 2.24) is 5.32 Å². The summed E-state index contributed by atoms with van der Waals surface area (Å²) >= 11 is 3.51. The lowest BCUT2D eigenvalue weighted by Crippen LogP contribution is -2.29. The van der Waals surface area contributed by atoms with Gasteiger partial charge in [0.25, 0.3) is 5.91 Å². The van der Waals surface area contributed by atoms with E-state index in [1.165, 1.54) is 0 Å². The largest absolute Gasteiger partial charge is 0.508 e. The normalized spacial score (nSPS) is 11.9. The Kier molecular flexibility index (Phi) is 5.13. The van der Waals surface area contributed by atoms with Crippen molar-refractivity contribution in [2.75, 3.05) is 0 Å². The maximum atomic E-state index is 12.9. The van der Waals surface area contributed by atoms with E-state index in [9.17, 15) is 9.90 Å². The first-order valence-corrected chi connectivity index (χ1v) is 9.75. The first kappa shape index (κ1) is 18.3. The highest BCUT2D eigenvalue weighted by Crippen LogP contribution is 2.36. The van der Waals surface area contributed by atoms with Crippen LogP contribution in [0, 0.1) is 0 Å². The van der Waals surface area contributed by atoms with E-state index in [4.69, 9.17) is 0 Å². The molecule has 0 radical (unpaired) electrons. The van der Waals surface area contributed by atoms with Crippen LogP contribution in [0.2, 0.25) is 0 Å². The van der Waals surface area contributed by atoms with Crippen molar-refractivity contribution in [3.05, 3.63) is 112 Å². The summed E-state index contributed by atoms with van der Waals surface area (Å²) in [6.45, 7) is 0. The topological polar surface area (TPSA) is 49.3 Å². The Bertz CT molecular complexity index is 1140. The van der Waals surface area contributed by atoms with Crippen molar-refractivity contribution in [3.63, 3.8) is 0 Å². The van der Waals surface area contributed by atoms with Crippen molar-refractivity contribution >= 4 is 32.6 Å². The molecule has 1 atom stereocenters. The number of phenols is 1. The fraction of sp³-hybridized carbons (Fsp3) is 0.0417. The Hall–Kier alpha value is -3.11. The summed E-state index contributed by atoms with van der Waals surface area (Å²) in [6.07, 6.45) is 0. The lowest BCUT2D eigenvalue weighted by atomic mass is 9.92. The van der Waals surface area contributed by atoms with Crippen LogP contribution in [0.1, 0.15) is 27.5 Å². The van der Waals surface area contributed by atoms with Gasteiger partial charge in [-0.05, 0) is 46.7 Å². The number of carbonyl (C=O) groups is 1. The van der Waals surface area contributed by atoms with E-state index in [0.717, 1.165) is 20.8 Å². The van der Waals surface area contributed by atoms with Crippen molar-refractivity contribution in [1.29, 1.82) is 0 Å². The van der Waals surface area contributed by atoms with E-state index >= 15 is 0 Å². The Morgan fingerprint density at radius 2 is 1.61 bits per heavy atom. The standard InChI is InChI=1S/C24H18BrNO2/c25-19-11-6-10-18(15-19)23(26-24(28)17-8-2-1-3-9-17)22-20-12-5-4-7-16(20)13-14-21(22)27/h1-15,23,27H,(H,26,28). The zero-order valence-electron chi connectivity index (χ0n) is 15.0. The predicted octanol–water partition coefficient (Wildman–Crippen LogP) is 5.83. The molecule has 1 unspecified atom stereocenters. The third-order valence-corrected chi connectivity index (χ3v) is 5.22. The fourth-order valence-corrected chi connectivity index (χ4v) is 3.82. The minimum absolute atomic E-state index is 0.150. The molecule has 0 aliphatic heterocycles. The average Bonchev–Trinajstić information content (AvgIpc) is 2.73. The summed E-state index contributed by atoms with van der Waals surface area (Å²) in [5, 5.41) is 15.7. The number of hydrogen-bond donors (Lipinski definition) is 2. The molecule has 4 heteroatoms. The van der Waals surface area contributed by atoms with Crippen LogP contribution >= 0.6 is 15.9 Å². The molecule has 0 aliphatic rings. The maximum Gasteiger partial charge on any atom is 0.252 e. The quantitative estimate of drug-likeness (QED) is 0.427. The van der Waals surface area contributed by atoms with Gasteiger partial charge in [0, 0.05) is 15.6 Å². The predicted molar refractivity (Wildman–Crippen MR) is 116 cm³/mol. The van der Waals surface area contributed by atoms with Crippen LogP contribution in [0.3, 0.4) is 0 Å². The lowest BCUT2D eigenvalue weighted by Gasteiger charge is -2.23. The van der Waals surface area contributed by atoms with E-state index < -0.39 is 6.04 Å². The van der Waals surface area contributed by atoms with Gasteiger partial charge in [-0.3, -0.25) is 4.79 Å². The van der Waals surface area contributed by atoms with Crippen LogP contribution < -0.4 is 5.32 Å². The van der Waals surface area contributed by atoms with E-state index in [1.54, 1.807) is 18.2 Å². The maximum absolute atomic E-state index is 12.9. The number of amides is 1. The highest BCUT2D eigenvalue weighted by atomic mass is 79.9. The van der Waals surface area contributed by atoms with Gasteiger partial charge in [0.2, 0.25) is 0 Å². The molecular weight excluding hydrogens is 414 g/mol. The molecule has 28 heavy (non-hydrogen) atoms. The number of nitrogens with one attached hydrogen (secondary N) is 1. The molecule has 0 saturated heterocycles. The van der Waals surface area contributed by atoms with Gasteiger partial charge < -0.3 is 10.4 Å². The number of rotatable bonds is 4. The van der Waals surface area contributed by atoms with Crippen LogP contribution in [-0.2, 0) is 0 Å². The second kappa shape index (κ2) is 7.87. The SMILES string of the molecule is O=C(NC(c1cccc(Br)c1)c1c(O)ccc2ccccc12)c1ccccc1. The molecule has 1 amide bonds. The van der Waals surface area contributed by atoms with Crippen molar-refractivity contribution < 1.29 is 9.90 Å². The van der Waals surface area contributed by atoms with Crippen LogP contribution in [0.15, 0.2) is 95.5 Å². The molecule has 3 nitrogen and oxygen atoms in total. The second-order valence-corrected chi connectivity index (χ2v) is 7.46. The third-order valence-electron chi connectivity index (χ3n) is 4.73. The first-order chi connectivity index (χ1) is 13.6. The lowest BCUT2D eigenvalue weighted by molar-refractivity contribution is 0.0943.